The molecule has 0 aliphatic carbocycles. The molecule has 1 aromatic rings. The molecular weight excluding hydrogens is 265 g/mol. The van der Waals surface area contributed by atoms with Gasteiger partial charge >= 0.3 is 6.18 Å². The summed E-state index contributed by atoms with van der Waals surface area (Å²) in [6, 6.07) is 2.27. The average molecular weight is 278 g/mol. The minimum Gasteiger partial charge on any atom is -0.396 e. The Morgan fingerprint density at radius 3 is 2.37 bits per heavy atom. The zero-order valence-electron chi connectivity index (χ0n) is 9.76. The van der Waals surface area contributed by atoms with E-state index in [9.17, 15) is 28.2 Å². The normalized spacial score (nSPS) is 15.1. The first-order valence-electron chi connectivity index (χ1n) is 5.44. The Kier molecular flexibility index (Phi) is 5.04. The zero-order valence-corrected chi connectivity index (χ0v) is 9.76. The second-order valence-electron chi connectivity index (χ2n) is 3.98. The van der Waals surface area contributed by atoms with Crippen LogP contribution in [0.2, 0.25) is 0 Å². The third kappa shape index (κ3) is 3.76. The van der Waals surface area contributed by atoms with Crippen LogP contribution in [0.1, 0.15) is 34.0 Å². The Balaban J connectivity index is 3.12. The number of benzene rings is 1. The molecule has 19 heavy (non-hydrogen) atoms. The first-order chi connectivity index (χ1) is 8.81. The molecule has 0 saturated heterocycles. The minimum absolute atomic E-state index is 0.107. The molecule has 0 bridgehead atoms. The summed E-state index contributed by atoms with van der Waals surface area (Å²) < 4.78 is 37.4. The summed E-state index contributed by atoms with van der Waals surface area (Å²) in [7, 11) is 0. The van der Waals surface area contributed by atoms with Crippen LogP contribution in [0, 0.1) is 0 Å². The number of hydrogen-bond donors (Lipinski definition) is 3. The van der Waals surface area contributed by atoms with Gasteiger partial charge in [-0.3, -0.25) is 4.79 Å². The number of carbonyl (C=O) groups is 1. The number of halogens is 3. The van der Waals surface area contributed by atoms with E-state index < -0.39 is 30.6 Å². The molecule has 2 atom stereocenters. The molecule has 0 aromatic heterocycles. The lowest BCUT2D eigenvalue weighted by molar-refractivity contribution is -0.137. The lowest BCUT2D eigenvalue weighted by Gasteiger charge is -2.19. The SMILES string of the molecule is O=Cc1cc(C(F)(F)F)ccc1C(O)C(O)CCO. The molecule has 0 radical (unpaired) electrons. The Morgan fingerprint density at radius 1 is 1.26 bits per heavy atom. The van der Waals surface area contributed by atoms with Crippen molar-refractivity contribution in [3.05, 3.63) is 34.9 Å². The van der Waals surface area contributed by atoms with Gasteiger partial charge in [-0.25, -0.2) is 0 Å². The Hall–Kier alpha value is -1.44. The number of alkyl halides is 3. The van der Waals surface area contributed by atoms with Crippen LogP contribution in [-0.4, -0.2) is 34.3 Å². The van der Waals surface area contributed by atoms with Crippen LogP contribution in [-0.2, 0) is 6.18 Å². The molecule has 0 spiro atoms. The fourth-order valence-electron chi connectivity index (χ4n) is 1.62. The van der Waals surface area contributed by atoms with Gasteiger partial charge in [-0.2, -0.15) is 13.2 Å². The standard InChI is InChI=1S/C12H13F3O4/c13-12(14,15)8-1-2-9(7(5-8)6-17)11(19)10(18)3-4-16/h1-2,5-6,10-11,16,18-19H,3-4H2. The number of aliphatic hydroxyl groups is 3. The van der Waals surface area contributed by atoms with Crippen LogP contribution in [0.3, 0.4) is 0 Å². The monoisotopic (exact) mass is 278 g/mol. The maximum absolute atomic E-state index is 12.5. The summed E-state index contributed by atoms with van der Waals surface area (Å²) in [5.41, 5.74) is -1.47. The molecule has 3 N–H and O–H groups in total. The summed E-state index contributed by atoms with van der Waals surface area (Å²) in [5.74, 6) is 0. The van der Waals surface area contributed by atoms with Crippen LogP contribution >= 0.6 is 0 Å². The van der Waals surface area contributed by atoms with E-state index in [1.165, 1.54) is 0 Å². The molecule has 2 unspecified atom stereocenters. The van der Waals surface area contributed by atoms with E-state index in [-0.39, 0.29) is 23.8 Å². The Morgan fingerprint density at radius 2 is 1.89 bits per heavy atom. The van der Waals surface area contributed by atoms with E-state index in [4.69, 9.17) is 5.11 Å². The number of hydrogen-bond acceptors (Lipinski definition) is 4. The average Bonchev–Trinajstić information content (AvgIpc) is 2.36. The van der Waals surface area contributed by atoms with Crippen molar-refractivity contribution in [3.63, 3.8) is 0 Å². The summed E-state index contributed by atoms with van der Waals surface area (Å²) in [4.78, 5) is 10.8. The van der Waals surface area contributed by atoms with Crippen molar-refractivity contribution in [2.45, 2.75) is 24.8 Å². The smallest absolute Gasteiger partial charge is 0.396 e. The van der Waals surface area contributed by atoms with Crippen molar-refractivity contribution in [2.24, 2.45) is 0 Å². The quantitative estimate of drug-likeness (QED) is 0.709. The zero-order chi connectivity index (χ0) is 14.6. The highest BCUT2D eigenvalue weighted by molar-refractivity contribution is 5.78. The molecule has 4 nitrogen and oxygen atoms in total. The number of aliphatic hydroxyl groups excluding tert-OH is 3. The van der Waals surface area contributed by atoms with Crippen LogP contribution in [0.15, 0.2) is 18.2 Å². The van der Waals surface area contributed by atoms with Gasteiger partial charge in [-0.05, 0) is 24.1 Å². The second kappa shape index (κ2) is 6.14. The summed E-state index contributed by atoms with van der Waals surface area (Å²) >= 11 is 0. The molecule has 1 rings (SSSR count). The highest BCUT2D eigenvalue weighted by Crippen LogP contribution is 2.32. The van der Waals surface area contributed by atoms with Gasteiger partial charge in [-0.15, -0.1) is 0 Å². The lowest BCUT2D eigenvalue weighted by Crippen LogP contribution is -2.21. The highest BCUT2D eigenvalue weighted by atomic mass is 19.4. The van der Waals surface area contributed by atoms with E-state index >= 15 is 0 Å². The third-order valence-corrected chi connectivity index (χ3v) is 2.65. The molecule has 0 fully saturated rings. The van der Waals surface area contributed by atoms with Gasteiger partial charge in [0.05, 0.1) is 11.7 Å². The van der Waals surface area contributed by atoms with Crippen LogP contribution in [0.5, 0.6) is 0 Å². The van der Waals surface area contributed by atoms with Crippen molar-refractivity contribution in [3.8, 4) is 0 Å². The molecular formula is C12H13F3O4. The molecule has 1 aromatic carbocycles. The summed E-state index contributed by atoms with van der Waals surface area (Å²) in [6.45, 7) is -0.394. The van der Waals surface area contributed by atoms with E-state index in [1.807, 2.05) is 0 Å². The molecule has 106 valence electrons. The predicted molar refractivity (Wildman–Crippen MR) is 59.5 cm³/mol. The highest BCUT2D eigenvalue weighted by Gasteiger charge is 2.32. The molecule has 0 aliphatic rings. The number of rotatable bonds is 5. The predicted octanol–water partition coefficient (Wildman–Crippen LogP) is 1.29. The van der Waals surface area contributed by atoms with E-state index in [1.54, 1.807) is 0 Å². The van der Waals surface area contributed by atoms with Crippen molar-refractivity contribution in [1.82, 2.24) is 0 Å². The largest absolute Gasteiger partial charge is 0.416 e. The second-order valence-corrected chi connectivity index (χ2v) is 3.98. The topological polar surface area (TPSA) is 77.8 Å². The maximum Gasteiger partial charge on any atom is 0.416 e. The van der Waals surface area contributed by atoms with Crippen molar-refractivity contribution < 1.29 is 33.3 Å². The molecule has 0 saturated carbocycles. The summed E-state index contributed by atoms with van der Waals surface area (Å²) in [6.07, 6.45) is -7.46. The lowest BCUT2D eigenvalue weighted by atomic mass is 9.96. The fourth-order valence-corrected chi connectivity index (χ4v) is 1.62. The van der Waals surface area contributed by atoms with Gasteiger partial charge in [0.25, 0.3) is 0 Å². The number of aldehydes is 1. The van der Waals surface area contributed by atoms with Crippen LogP contribution in [0.4, 0.5) is 13.2 Å². The molecule has 7 heteroatoms. The summed E-state index contributed by atoms with van der Waals surface area (Å²) in [5, 5.41) is 27.8. The first-order valence-corrected chi connectivity index (χ1v) is 5.44. The Bertz CT molecular complexity index is 445. The van der Waals surface area contributed by atoms with Gasteiger partial charge in [0, 0.05) is 12.2 Å². The maximum atomic E-state index is 12.5. The van der Waals surface area contributed by atoms with Gasteiger partial charge in [0.1, 0.15) is 12.4 Å². The minimum atomic E-state index is -4.59. The van der Waals surface area contributed by atoms with Gasteiger partial charge in [-0.1, -0.05) is 6.07 Å². The number of carbonyl (C=O) groups excluding carboxylic acids is 1. The van der Waals surface area contributed by atoms with Crippen molar-refractivity contribution >= 4 is 6.29 Å². The fraction of sp³-hybridized carbons (Fsp3) is 0.417. The third-order valence-electron chi connectivity index (χ3n) is 2.65. The van der Waals surface area contributed by atoms with E-state index in [2.05, 4.69) is 0 Å². The molecule has 0 aliphatic heterocycles. The van der Waals surface area contributed by atoms with E-state index in [0.29, 0.717) is 6.07 Å². The first kappa shape index (κ1) is 15.6. The van der Waals surface area contributed by atoms with Gasteiger partial charge < -0.3 is 15.3 Å². The van der Waals surface area contributed by atoms with E-state index in [0.717, 1.165) is 12.1 Å². The molecule has 0 heterocycles. The molecule has 0 amide bonds. The Labute approximate surface area is 107 Å². The van der Waals surface area contributed by atoms with Crippen molar-refractivity contribution in [2.75, 3.05) is 6.61 Å². The van der Waals surface area contributed by atoms with Crippen LogP contribution in [0.25, 0.3) is 0 Å². The van der Waals surface area contributed by atoms with Crippen molar-refractivity contribution in [1.29, 1.82) is 0 Å². The van der Waals surface area contributed by atoms with Crippen LogP contribution < -0.4 is 0 Å². The van der Waals surface area contributed by atoms with Gasteiger partial charge in [0.2, 0.25) is 0 Å². The van der Waals surface area contributed by atoms with Gasteiger partial charge in [0.15, 0.2) is 0 Å².